The van der Waals surface area contributed by atoms with Crippen molar-refractivity contribution < 1.29 is 125 Å². The molecular formula is C52H57ClF6N13O22PS2. The summed E-state index contributed by atoms with van der Waals surface area (Å²) in [5, 5.41) is 24.6. The number of nitrogens with zero attached hydrogens (tertiary/aromatic N) is 8. The predicted octanol–water partition coefficient (Wildman–Crippen LogP) is 6.26. The Bertz CT molecular complexity index is 4080. The van der Waals surface area contributed by atoms with E-state index in [2.05, 4.69) is 45.9 Å². The highest BCUT2D eigenvalue weighted by atomic mass is 35.5. The third-order valence-electron chi connectivity index (χ3n) is 10.9. The standard InChI is InChI=1S/C19H15ClF3NO7.C15H16F3N5O4S.C15H18N6O6S.C3H8NO5P/c1-3-29-17(25)10(2)30-18(26)13-9-12(5-6-15(13)24(27)28)31-16-7-4-11(8-14(16)20)19(21,22)23;1-9-19-12(22-14(20-9)27-2)21-13(24)23-28(25,26)11-6-4-3-5-10(11)7-8-15(16,17)18;1-21(2)13(22)9-6-5-7-16-12(9)28(24,25)20-15(23)19-14-17-10(26-3)8-11(18-14)27-4;5-3(6)1-4-2-10(7,8)9/h4-10H,3H2,1-2H3;3-6H,7-8H2,1-2H3,(H2,19,20,21,22,23,24);5-8H,1-4H3,(H2,17,18,19,20,23);4H,1-2H2,(H,5,6)(H2,7,8,9). The van der Waals surface area contributed by atoms with Gasteiger partial charge < -0.3 is 48.2 Å². The second-order valence-electron chi connectivity index (χ2n) is 18.5. The van der Waals surface area contributed by atoms with Crippen molar-refractivity contribution in [3.63, 3.8) is 0 Å². The first-order chi connectivity index (χ1) is 45.0. The number of alkyl halides is 6. The number of nitrogens with one attached hydrogen (secondary N) is 5. The van der Waals surface area contributed by atoms with Crippen LogP contribution in [-0.2, 0) is 56.3 Å². The zero-order valence-corrected chi connectivity index (χ0v) is 54.6. The van der Waals surface area contributed by atoms with Gasteiger partial charge in [0.2, 0.25) is 23.7 Å². The van der Waals surface area contributed by atoms with Crippen LogP contribution in [0.25, 0.3) is 0 Å². The molecule has 0 spiro atoms. The van der Waals surface area contributed by atoms with Gasteiger partial charge in [0.1, 0.15) is 22.9 Å². The Labute approximate surface area is 550 Å². The molecule has 45 heteroatoms. The van der Waals surface area contributed by atoms with Crippen LogP contribution in [0.15, 0.2) is 95.0 Å². The Morgan fingerprint density at radius 2 is 1.38 bits per heavy atom. The molecule has 97 heavy (non-hydrogen) atoms. The Balaban J connectivity index is 0.000000354. The van der Waals surface area contributed by atoms with E-state index in [9.17, 15) is 86.6 Å². The zero-order valence-electron chi connectivity index (χ0n) is 51.3. The molecule has 6 aromatic rings. The lowest BCUT2D eigenvalue weighted by atomic mass is 10.1. The molecule has 0 saturated carbocycles. The number of amides is 5. The number of ether oxygens (including phenoxy) is 6. The topological polar surface area (TPSA) is 488 Å². The van der Waals surface area contributed by atoms with Crippen LogP contribution in [0.1, 0.15) is 57.9 Å². The van der Waals surface area contributed by atoms with Gasteiger partial charge in [-0.05, 0) is 75.2 Å². The summed E-state index contributed by atoms with van der Waals surface area (Å²) in [6, 6.07) is 12.1. The first kappa shape index (κ1) is 81.0. The molecule has 0 fully saturated rings. The number of nitro benzene ring substituents is 1. The molecule has 8 N–H and O–H groups in total. The SMILES string of the molecule is CCOC(=O)C(C)OC(=O)c1cc(Oc2ccc(C(F)(F)F)cc2Cl)ccc1[N+](=O)[O-].COc1cc(OC)nc(NC(=O)NS(=O)(=O)c2ncccc2C(=O)N(C)C)n1.COc1nc(C)nc(NC(=O)NS(=O)(=O)c2ccccc2CCC(F)(F)F)n1.O=C(O)CNCP(=O)(O)O. The molecule has 35 nitrogen and oxygen atoms in total. The van der Waals surface area contributed by atoms with Crippen molar-refractivity contribution in [2.75, 3.05) is 65.5 Å². The highest BCUT2D eigenvalue weighted by Crippen LogP contribution is 2.38. The van der Waals surface area contributed by atoms with Crippen molar-refractivity contribution in [3.8, 4) is 29.3 Å². The van der Waals surface area contributed by atoms with Gasteiger partial charge in [-0.3, -0.25) is 40.2 Å². The average Bonchev–Trinajstić information content (AvgIpc) is 0.818. The lowest BCUT2D eigenvalue weighted by molar-refractivity contribution is -0.385. The van der Waals surface area contributed by atoms with Gasteiger partial charge in [-0.2, -0.15) is 59.7 Å². The second-order valence-corrected chi connectivity index (χ2v) is 23.8. The van der Waals surface area contributed by atoms with Crippen LogP contribution in [0.2, 0.25) is 5.02 Å². The largest absolute Gasteiger partial charge is 0.481 e. The van der Waals surface area contributed by atoms with Crippen LogP contribution in [0, 0.1) is 17.0 Å². The molecule has 0 bridgehead atoms. The molecule has 6 rings (SSSR count). The number of carbonyl (C=O) groups is 6. The molecule has 0 saturated heterocycles. The molecular weight excluding hydrogens is 1400 g/mol. The minimum Gasteiger partial charge on any atom is -0.481 e. The number of hydrogen-bond acceptors (Lipinski definition) is 26. The van der Waals surface area contributed by atoms with Crippen molar-refractivity contribution in [3.05, 3.63) is 128 Å². The number of anilines is 2. The number of carboxylic acid groups (broad SMARTS) is 1. The average molecular weight is 1460 g/mol. The molecule has 0 aliphatic carbocycles. The summed E-state index contributed by atoms with van der Waals surface area (Å²) in [5.74, 6) is -4.21. The van der Waals surface area contributed by atoms with Crippen LogP contribution in [-0.4, -0.2) is 174 Å². The molecule has 0 aliphatic rings. The number of rotatable bonds is 23. The normalized spacial score (nSPS) is 11.5. The molecule has 3 aromatic carbocycles. The number of sulfonamides is 2. The maximum Gasteiger partial charge on any atom is 0.416 e. The molecule has 1 unspecified atom stereocenters. The summed E-state index contributed by atoms with van der Waals surface area (Å²) < 4.78 is 169. The smallest absolute Gasteiger partial charge is 0.416 e. The van der Waals surface area contributed by atoms with Crippen LogP contribution in [0.3, 0.4) is 0 Å². The fourth-order valence-electron chi connectivity index (χ4n) is 6.76. The number of urea groups is 2. The second kappa shape index (κ2) is 36.1. The fraction of sp³-hybridized carbons (Fsp3) is 0.308. The van der Waals surface area contributed by atoms with Gasteiger partial charge in [-0.25, -0.2) is 42.0 Å². The van der Waals surface area contributed by atoms with Gasteiger partial charge >= 0.3 is 55.9 Å². The number of methoxy groups -OCH3 is 3. The number of carboxylic acids is 1. The third kappa shape index (κ3) is 27.6. The Kier molecular flexibility index (Phi) is 30.1. The number of esters is 2. The van der Waals surface area contributed by atoms with E-state index >= 15 is 0 Å². The van der Waals surface area contributed by atoms with E-state index in [0.717, 1.165) is 36.4 Å². The molecule has 0 radical (unpaired) electrons. The first-order valence-electron chi connectivity index (χ1n) is 26.4. The van der Waals surface area contributed by atoms with Gasteiger partial charge in [-0.1, -0.05) is 29.8 Å². The van der Waals surface area contributed by atoms with Crippen molar-refractivity contribution in [2.45, 2.75) is 62.0 Å². The van der Waals surface area contributed by atoms with Gasteiger partial charge in [0.05, 0.1) is 72.8 Å². The van der Waals surface area contributed by atoms with E-state index in [-0.39, 0.29) is 69.7 Å². The summed E-state index contributed by atoms with van der Waals surface area (Å²) in [4.78, 5) is 120. The Hall–Kier alpha value is -10.2. The van der Waals surface area contributed by atoms with Gasteiger partial charge in [0, 0.05) is 38.8 Å². The van der Waals surface area contributed by atoms with Crippen molar-refractivity contribution >= 4 is 92.7 Å². The van der Waals surface area contributed by atoms with Crippen molar-refractivity contribution in [2.24, 2.45) is 0 Å². The number of carbonyl (C=O) groups excluding carboxylic acids is 5. The van der Waals surface area contributed by atoms with E-state index in [4.69, 9.17) is 54.9 Å². The molecule has 528 valence electrons. The minimum absolute atomic E-state index is 0.0398. The lowest BCUT2D eigenvalue weighted by Crippen LogP contribution is -2.36. The van der Waals surface area contributed by atoms with E-state index in [1.807, 2.05) is 0 Å². The quantitative estimate of drug-likeness (QED) is 0.0115. The van der Waals surface area contributed by atoms with Crippen molar-refractivity contribution in [1.82, 2.24) is 49.6 Å². The van der Waals surface area contributed by atoms with E-state index in [0.29, 0.717) is 6.07 Å². The number of benzene rings is 3. The molecule has 3 heterocycles. The number of aromatic nitrogens is 6. The summed E-state index contributed by atoms with van der Waals surface area (Å²) in [7, 11) is -6.09. The van der Waals surface area contributed by atoms with Crippen molar-refractivity contribution in [1.29, 1.82) is 0 Å². The van der Waals surface area contributed by atoms with Crippen LogP contribution >= 0.6 is 19.2 Å². The maximum atomic E-state index is 12.8. The predicted molar refractivity (Wildman–Crippen MR) is 322 cm³/mol. The lowest BCUT2D eigenvalue weighted by Gasteiger charge is -2.14. The fourth-order valence-corrected chi connectivity index (χ4v) is 9.60. The number of halogens is 7. The summed E-state index contributed by atoms with van der Waals surface area (Å²) in [6.07, 6.45) is -11.5. The molecule has 1 atom stereocenters. The van der Waals surface area contributed by atoms with Gasteiger partial charge in [0.15, 0.2) is 11.1 Å². The van der Waals surface area contributed by atoms with E-state index in [1.165, 1.54) is 96.8 Å². The highest BCUT2D eigenvalue weighted by molar-refractivity contribution is 7.90. The Morgan fingerprint density at radius 3 is 1.91 bits per heavy atom. The van der Waals surface area contributed by atoms with Crippen LogP contribution in [0.4, 0.5) is 53.5 Å². The molecule has 3 aromatic heterocycles. The highest BCUT2D eigenvalue weighted by Gasteiger charge is 2.33. The van der Waals surface area contributed by atoms with E-state index in [1.54, 1.807) is 16.4 Å². The first-order valence-corrected chi connectivity index (χ1v) is 31.6. The van der Waals surface area contributed by atoms with Crippen LogP contribution in [0.5, 0.6) is 29.3 Å². The minimum atomic E-state index is -4.61. The number of aryl methyl sites for hydroxylation is 2. The maximum absolute atomic E-state index is 12.8. The number of hydrogen-bond donors (Lipinski definition) is 8. The summed E-state index contributed by atoms with van der Waals surface area (Å²) in [5.41, 5.74) is -2.43. The Morgan fingerprint density at radius 1 is 0.784 bits per heavy atom. The van der Waals surface area contributed by atoms with E-state index < -0.39 is 139 Å². The summed E-state index contributed by atoms with van der Waals surface area (Å²) in [6.45, 7) is 3.87. The monoisotopic (exact) mass is 1460 g/mol. The number of pyridine rings is 1. The number of nitro groups is 1. The van der Waals surface area contributed by atoms with Gasteiger partial charge in [0.25, 0.3) is 31.6 Å². The van der Waals surface area contributed by atoms with Crippen LogP contribution < -0.4 is 44.3 Å². The summed E-state index contributed by atoms with van der Waals surface area (Å²) >= 11 is 5.83. The zero-order chi connectivity index (χ0) is 73.4. The third-order valence-corrected chi connectivity index (χ3v) is 14.5. The molecule has 0 aliphatic heterocycles. The molecule has 5 amide bonds. The number of aliphatic carboxylic acids is 1. The van der Waals surface area contributed by atoms with Gasteiger partial charge in [-0.15, -0.1) is 0 Å².